The maximum atomic E-state index is 13.9. The van der Waals surface area contributed by atoms with Gasteiger partial charge in [0.25, 0.3) is 0 Å². The number of hydrogen-bond donors (Lipinski definition) is 1. The van der Waals surface area contributed by atoms with Crippen molar-refractivity contribution in [2.24, 2.45) is 5.73 Å². The summed E-state index contributed by atoms with van der Waals surface area (Å²) in [5.41, 5.74) is 6.17. The molecular weight excluding hydrogens is 350 g/mol. The zero-order valence-corrected chi connectivity index (χ0v) is 12.4. The lowest BCUT2D eigenvalue weighted by atomic mass is 9.98. The van der Waals surface area contributed by atoms with Crippen molar-refractivity contribution in [1.29, 1.82) is 0 Å². The number of rotatable bonds is 3. The Labute approximate surface area is 127 Å². The Morgan fingerprint density at radius 1 is 1.05 bits per heavy atom. The molecule has 2 aromatic rings. The van der Waals surface area contributed by atoms with Gasteiger partial charge < -0.3 is 5.73 Å². The fourth-order valence-electron chi connectivity index (χ4n) is 2.00. The van der Waals surface area contributed by atoms with Crippen molar-refractivity contribution in [3.8, 4) is 0 Å². The van der Waals surface area contributed by atoms with Crippen molar-refractivity contribution in [3.05, 3.63) is 69.4 Å². The van der Waals surface area contributed by atoms with E-state index >= 15 is 0 Å². The molecule has 2 rings (SSSR count). The zero-order valence-electron chi connectivity index (χ0n) is 10.8. The van der Waals surface area contributed by atoms with E-state index in [1.54, 1.807) is 18.2 Å². The molecule has 0 aromatic heterocycles. The predicted octanol–water partition coefficient (Wildman–Crippen LogP) is 4.85. The van der Waals surface area contributed by atoms with Gasteiger partial charge in [0.15, 0.2) is 0 Å². The summed E-state index contributed by atoms with van der Waals surface area (Å²) in [5, 5.41) is 0. The molecule has 0 bridgehead atoms. The number of benzene rings is 2. The van der Waals surface area contributed by atoms with E-state index in [0.717, 1.165) is 12.1 Å². The summed E-state index contributed by atoms with van der Waals surface area (Å²) in [4.78, 5) is 0. The Hall–Kier alpha value is -1.40. The smallest absolute Gasteiger partial charge is 0.324 e. The molecular formula is C15H12BrF4N. The van der Waals surface area contributed by atoms with Crippen LogP contribution in [0.4, 0.5) is 17.6 Å². The molecule has 0 saturated heterocycles. The third-order valence-electron chi connectivity index (χ3n) is 3.12. The van der Waals surface area contributed by atoms with Crippen LogP contribution in [-0.2, 0) is 12.6 Å². The SMILES string of the molecule is NC(Cc1ccc(C(F)(F)F)cc1)c1cccc(Br)c1F. The molecule has 0 aliphatic rings. The van der Waals surface area contributed by atoms with Crippen LogP contribution in [0.25, 0.3) is 0 Å². The van der Waals surface area contributed by atoms with E-state index in [2.05, 4.69) is 15.9 Å². The molecule has 21 heavy (non-hydrogen) atoms. The van der Waals surface area contributed by atoms with Crippen LogP contribution in [0.3, 0.4) is 0 Å². The van der Waals surface area contributed by atoms with Gasteiger partial charge in [-0.25, -0.2) is 4.39 Å². The molecule has 0 aliphatic carbocycles. The van der Waals surface area contributed by atoms with Gasteiger partial charge in [-0.1, -0.05) is 24.3 Å². The summed E-state index contributed by atoms with van der Waals surface area (Å²) in [6, 6.07) is 8.88. The highest BCUT2D eigenvalue weighted by atomic mass is 79.9. The summed E-state index contributed by atoms with van der Waals surface area (Å²) in [6.07, 6.45) is -4.11. The van der Waals surface area contributed by atoms with Gasteiger partial charge in [0.05, 0.1) is 10.0 Å². The third kappa shape index (κ3) is 3.83. The first-order valence-electron chi connectivity index (χ1n) is 6.14. The van der Waals surface area contributed by atoms with Gasteiger partial charge in [0, 0.05) is 11.6 Å². The van der Waals surface area contributed by atoms with Gasteiger partial charge in [-0.3, -0.25) is 0 Å². The second-order valence-electron chi connectivity index (χ2n) is 4.65. The van der Waals surface area contributed by atoms with Crippen molar-refractivity contribution in [2.75, 3.05) is 0 Å². The first-order chi connectivity index (χ1) is 9.79. The molecule has 1 atom stereocenters. The summed E-state index contributed by atoms with van der Waals surface area (Å²) < 4.78 is 51.6. The van der Waals surface area contributed by atoms with E-state index in [1.165, 1.54) is 12.1 Å². The number of halogens is 5. The fraction of sp³-hybridized carbons (Fsp3) is 0.200. The Morgan fingerprint density at radius 2 is 1.67 bits per heavy atom. The molecule has 0 amide bonds. The molecule has 1 nitrogen and oxygen atoms in total. The van der Waals surface area contributed by atoms with Gasteiger partial charge in [-0.15, -0.1) is 0 Å². The van der Waals surface area contributed by atoms with Crippen LogP contribution in [0.15, 0.2) is 46.9 Å². The lowest BCUT2D eigenvalue weighted by Gasteiger charge is -2.14. The highest BCUT2D eigenvalue weighted by Gasteiger charge is 2.30. The van der Waals surface area contributed by atoms with E-state index in [0.29, 0.717) is 15.6 Å². The van der Waals surface area contributed by atoms with E-state index < -0.39 is 23.6 Å². The average Bonchev–Trinajstić information content (AvgIpc) is 2.41. The normalized spacial score (nSPS) is 13.2. The predicted molar refractivity (Wildman–Crippen MR) is 76.2 cm³/mol. The number of nitrogens with two attached hydrogens (primary N) is 1. The summed E-state index contributed by atoms with van der Waals surface area (Å²) in [6.45, 7) is 0. The second kappa shape index (κ2) is 6.15. The van der Waals surface area contributed by atoms with E-state index in [9.17, 15) is 17.6 Å². The summed E-state index contributed by atoms with van der Waals surface area (Å²) in [7, 11) is 0. The lowest BCUT2D eigenvalue weighted by Crippen LogP contribution is -2.15. The summed E-state index contributed by atoms with van der Waals surface area (Å²) in [5.74, 6) is -0.447. The minimum atomic E-state index is -4.36. The largest absolute Gasteiger partial charge is 0.416 e. The molecule has 2 aromatic carbocycles. The Balaban J connectivity index is 2.16. The van der Waals surface area contributed by atoms with Crippen molar-refractivity contribution >= 4 is 15.9 Å². The van der Waals surface area contributed by atoms with Crippen molar-refractivity contribution in [2.45, 2.75) is 18.6 Å². The van der Waals surface area contributed by atoms with Crippen LogP contribution >= 0.6 is 15.9 Å². The van der Waals surface area contributed by atoms with Gasteiger partial charge in [0.2, 0.25) is 0 Å². The molecule has 0 aliphatic heterocycles. The maximum Gasteiger partial charge on any atom is 0.416 e. The fourth-order valence-corrected chi connectivity index (χ4v) is 2.38. The molecule has 2 N–H and O–H groups in total. The number of hydrogen-bond acceptors (Lipinski definition) is 1. The quantitative estimate of drug-likeness (QED) is 0.777. The first kappa shape index (κ1) is 16.0. The third-order valence-corrected chi connectivity index (χ3v) is 3.73. The second-order valence-corrected chi connectivity index (χ2v) is 5.50. The zero-order chi connectivity index (χ0) is 15.6. The Bertz CT molecular complexity index is 623. The monoisotopic (exact) mass is 361 g/mol. The highest BCUT2D eigenvalue weighted by Crippen LogP contribution is 2.30. The minimum Gasteiger partial charge on any atom is -0.324 e. The summed E-state index contributed by atoms with van der Waals surface area (Å²) >= 11 is 3.08. The molecule has 0 radical (unpaired) electrons. The maximum absolute atomic E-state index is 13.9. The molecule has 0 spiro atoms. The average molecular weight is 362 g/mol. The van der Waals surface area contributed by atoms with Gasteiger partial charge >= 0.3 is 6.18 Å². The molecule has 1 unspecified atom stereocenters. The van der Waals surface area contributed by atoms with E-state index in [4.69, 9.17) is 5.73 Å². The highest BCUT2D eigenvalue weighted by molar-refractivity contribution is 9.10. The van der Waals surface area contributed by atoms with E-state index in [1.807, 2.05) is 0 Å². The minimum absolute atomic E-state index is 0.255. The van der Waals surface area contributed by atoms with E-state index in [-0.39, 0.29) is 6.42 Å². The Kier molecular flexibility index (Phi) is 4.68. The molecule has 0 fully saturated rings. The van der Waals surface area contributed by atoms with Gasteiger partial charge in [-0.05, 0) is 46.1 Å². The van der Waals surface area contributed by atoms with Crippen LogP contribution in [-0.4, -0.2) is 0 Å². The van der Waals surface area contributed by atoms with Gasteiger partial charge in [0.1, 0.15) is 5.82 Å². The standard InChI is InChI=1S/C15H12BrF4N/c16-12-3-1-2-11(14(12)17)13(21)8-9-4-6-10(7-5-9)15(18,19)20/h1-7,13H,8,21H2. The van der Waals surface area contributed by atoms with Crippen LogP contribution in [0, 0.1) is 5.82 Å². The van der Waals surface area contributed by atoms with Crippen molar-refractivity contribution < 1.29 is 17.6 Å². The van der Waals surface area contributed by atoms with Crippen LogP contribution in [0.1, 0.15) is 22.7 Å². The van der Waals surface area contributed by atoms with Crippen LogP contribution < -0.4 is 5.73 Å². The molecule has 0 saturated carbocycles. The van der Waals surface area contributed by atoms with Crippen LogP contribution in [0.2, 0.25) is 0 Å². The molecule has 6 heteroatoms. The number of alkyl halides is 3. The topological polar surface area (TPSA) is 26.0 Å². The lowest BCUT2D eigenvalue weighted by molar-refractivity contribution is -0.137. The Morgan fingerprint density at radius 3 is 2.24 bits per heavy atom. The van der Waals surface area contributed by atoms with Gasteiger partial charge in [-0.2, -0.15) is 13.2 Å². The first-order valence-corrected chi connectivity index (χ1v) is 6.94. The van der Waals surface area contributed by atoms with Crippen molar-refractivity contribution in [3.63, 3.8) is 0 Å². The van der Waals surface area contributed by atoms with Crippen molar-refractivity contribution in [1.82, 2.24) is 0 Å². The van der Waals surface area contributed by atoms with Crippen LogP contribution in [0.5, 0.6) is 0 Å². The molecule has 0 heterocycles. The molecule has 112 valence electrons.